The summed E-state index contributed by atoms with van der Waals surface area (Å²) in [7, 11) is 1.66. The number of fused-ring (bicyclic) bond motifs is 1. The Hall–Kier alpha value is -3.83. The summed E-state index contributed by atoms with van der Waals surface area (Å²) in [5.74, 6) is -0.0208. The van der Waals surface area contributed by atoms with Crippen LogP contribution in [0.5, 0.6) is 5.75 Å². The number of nitrogens with one attached hydrogen (secondary N) is 1. The zero-order chi connectivity index (χ0) is 35.2. The van der Waals surface area contributed by atoms with Gasteiger partial charge in [0.05, 0.1) is 11.6 Å². The fraction of sp³-hybridized carbons (Fsp3) is 0.605. The molecule has 49 heavy (non-hydrogen) atoms. The summed E-state index contributed by atoms with van der Waals surface area (Å²) in [5.41, 5.74) is 2.88. The first kappa shape index (κ1) is 35.0. The summed E-state index contributed by atoms with van der Waals surface area (Å²) in [5, 5.41) is 3.16. The van der Waals surface area contributed by atoms with Crippen molar-refractivity contribution in [1.82, 2.24) is 4.90 Å². The molecule has 0 spiro atoms. The molecule has 4 atom stereocenters. The first-order valence-electron chi connectivity index (χ1n) is 17.6. The molecule has 1 N–H and O–H groups in total. The first-order valence-corrected chi connectivity index (χ1v) is 17.6. The van der Waals surface area contributed by atoms with Gasteiger partial charge >= 0.3 is 6.09 Å². The van der Waals surface area contributed by atoms with E-state index in [1.54, 1.807) is 25.9 Å². The summed E-state index contributed by atoms with van der Waals surface area (Å²) in [6.07, 6.45) is 2.57. The van der Waals surface area contributed by atoms with E-state index in [4.69, 9.17) is 18.9 Å². The van der Waals surface area contributed by atoms with Gasteiger partial charge in [-0.15, -0.1) is 0 Å². The van der Waals surface area contributed by atoms with Crippen molar-refractivity contribution >= 4 is 35.0 Å². The molecule has 0 aromatic heterocycles. The van der Waals surface area contributed by atoms with Crippen LogP contribution in [0.4, 0.5) is 21.9 Å². The van der Waals surface area contributed by atoms with E-state index < -0.39 is 23.2 Å². The Kier molecular flexibility index (Phi) is 9.63. The number of likely N-dealkylation sites (tertiary alicyclic amines) is 1. The highest BCUT2D eigenvalue weighted by atomic mass is 16.6. The van der Waals surface area contributed by atoms with Gasteiger partial charge in [-0.05, 0) is 103 Å². The average Bonchev–Trinajstić information content (AvgIpc) is 3.97. The summed E-state index contributed by atoms with van der Waals surface area (Å²) in [6, 6.07) is 12.3. The molecule has 1 aliphatic carbocycles. The Morgan fingerprint density at radius 1 is 1.08 bits per heavy atom. The van der Waals surface area contributed by atoms with Crippen molar-refractivity contribution in [2.45, 2.75) is 104 Å². The summed E-state index contributed by atoms with van der Waals surface area (Å²) >= 11 is 0. The Bertz CT molecular complexity index is 1560. The quantitative estimate of drug-likeness (QED) is 0.239. The van der Waals surface area contributed by atoms with Crippen molar-refractivity contribution in [3.63, 3.8) is 0 Å². The number of amides is 3. The third-order valence-electron chi connectivity index (χ3n) is 9.80. The number of carbonyl (C=O) groups excluding carboxylic acids is 3. The monoisotopic (exact) mass is 676 g/mol. The first-order chi connectivity index (χ1) is 23.2. The van der Waals surface area contributed by atoms with Crippen LogP contribution in [-0.2, 0) is 23.8 Å². The Balaban J connectivity index is 1.24. The molecule has 0 radical (unpaired) electrons. The number of para-hydroxylation sites is 1. The van der Waals surface area contributed by atoms with E-state index in [0.29, 0.717) is 44.3 Å². The maximum absolute atomic E-state index is 13.8. The molecule has 266 valence electrons. The molecule has 0 bridgehead atoms. The molecule has 3 fully saturated rings. The lowest BCUT2D eigenvalue weighted by Crippen LogP contribution is -2.53. The van der Waals surface area contributed by atoms with E-state index in [9.17, 15) is 14.4 Å². The van der Waals surface area contributed by atoms with Gasteiger partial charge < -0.3 is 39.0 Å². The van der Waals surface area contributed by atoms with Crippen LogP contribution in [-0.4, -0.2) is 85.7 Å². The topological polar surface area (TPSA) is 113 Å². The molecule has 11 nitrogen and oxygen atoms in total. The molecule has 1 saturated carbocycles. The van der Waals surface area contributed by atoms with Crippen LogP contribution in [0.15, 0.2) is 36.4 Å². The summed E-state index contributed by atoms with van der Waals surface area (Å²) in [4.78, 5) is 46.5. The second kappa shape index (κ2) is 13.5. The summed E-state index contributed by atoms with van der Waals surface area (Å²) in [6.45, 7) is 14.9. The number of benzene rings is 2. The molecule has 4 aliphatic rings. The highest BCUT2D eigenvalue weighted by Crippen LogP contribution is 2.48. The van der Waals surface area contributed by atoms with Crippen LogP contribution < -0.4 is 19.9 Å². The van der Waals surface area contributed by atoms with Crippen molar-refractivity contribution < 1.29 is 33.3 Å². The lowest BCUT2D eigenvalue weighted by molar-refractivity contribution is -0.132. The van der Waals surface area contributed by atoms with E-state index in [0.717, 1.165) is 41.0 Å². The largest absolute Gasteiger partial charge is 0.476 e. The number of rotatable bonds is 10. The second-order valence-corrected chi connectivity index (χ2v) is 15.5. The van der Waals surface area contributed by atoms with Crippen LogP contribution in [0, 0.1) is 25.7 Å². The predicted molar refractivity (Wildman–Crippen MR) is 188 cm³/mol. The van der Waals surface area contributed by atoms with E-state index >= 15 is 0 Å². The van der Waals surface area contributed by atoms with Crippen LogP contribution in [0.1, 0.15) is 71.4 Å². The minimum Gasteiger partial charge on any atom is -0.476 e. The molecule has 2 aromatic carbocycles. The molecular weight excluding hydrogens is 624 g/mol. The summed E-state index contributed by atoms with van der Waals surface area (Å²) < 4.78 is 23.7. The SMILES string of the molecule is COCCCN1C(=O)C(C)(C)Oc2ccc(N(C3CC3)C3OC3[C@@H]3C[C@H](C(=O)Nc4c(C)cccc4C)CN(C(=O)OC(C)(C)C)C3)cc21. The lowest BCUT2D eigenvalue weighted by atomic mass is 9.86. The molecule has 3 aliphatic heterocycles. The standard InChI is InChI=1S/C38H52N4O7/c1-23-11-9-12-24(2)31(23)39-33(43)26-19-25(21-40(22-26)36(45)49-37(3,4)5)32-34(47-32)42(27-13-14-27)28-15-16-30-29(20-28)41(17-10-18-46-8)35(44)38(6,7)48-30/h9,11-12,15-16,20,25-27,32,34H,10,13-14,17-19,21-22H2,1-8H3,(H,39,43)/t25-,26+,32?,34?/m1/s1. The predicted octanol–water partition coefficient (Wildman–Crippen LogP) is 6.05. The fourth-order valence-electron chi connectivity index (χ4n) is 7.19. The number of carbonyl (C=O) groups is 3. The fourth-order valence-corrected chi connectivity index (χ4v) is 7.19. The van der Waals surface area contributed by atoms with E-state index in [-0.39, 0.29) is 36.6 Å². The van der Waals surface area contributed by atoms with E-state index in [2.05, 4.69) is 10.2 Å². The number of methoxy groups -OCH3 is 1. The molecule has 2 unspecified atom stereocenters. The van der Waals surface area contributed by atoms with Crippen molar-refractivity contribution in [3.8, 4) is 5.75 Å². The third kappa shape index (κ3) is 7.67. The number of aryl methyl sites for hydroxylation is 2. The number of hydrogen-bond acceptors (Lipinski definition) is 8. The highest BCUT2D eigenvalue weighted by molar-refractivity contribution is 6.03. The minimum atomic E-state index is -0.968. The molecule has 3 amide bonds. The Morgan fingerprint density at radius 2 is 1.80 bits per heavy atom. The number of nitrogens with zero attached hydrogens (tertiary/aromatic N) is 3. The number of piperidine rings is 1. The van der Waals surface area contributed by atoms with Gasteiger partial charge in [-0.1, -0.05) is 18.2 Å². The maximum atomic E-state index is 13.8. The van der Waals surface area contributed by atoms with Gasteiger partial charge in [0, 0.05) is 56.7 Å². The molecule has 11 heteroatoms. The number of ether oxygens (including phenoxy) is 4. The third-order valence-corrected chi connectivity index (χ3v) is 9.80. The lowest BCUT2D eigenvalue weighted by Gasteiger charge is -2.39. The number of epoxide rings is 1. The van der Waals surface area contributed by atoms with E-state index in [1.165, 1.54) is 0 Å². The zero-order valence-corrected chi connectivity index (χ0v) is 30.2. The van der Waals surface area contributed by atoms with Crippen molar-refractivity contribution in [2.24, 2.45) is 11.8 Å². The van der Waals surface area contributed by atoms with Gasteiger partial charge in [0.1, 0.15) is 17.5 Å². The molecule has 6 rings (SSSR count). The van der Waals surface area contributed by atoms with Crippen LogP contribution in [0.25, 0.3) is 0 Å². The van der Waals surface area contributed by atoms with Crippen molar-refractivity contribution in [2.75, 3.05) is 48.5 Å². The molecule has 2 aromatic rings. The maximum Gasteiger partial charge on any atom is 0.410 e. The van der Waals surface area contributed by atoms with Gasteiger partial charge in [-0.3, -0.25) is 9.59 Å². The molecule has 3 heterocycles. The van der Waals surface area contributed by atoms with Crippen LogP contribution in [0.3, 0.4) is 0 Å². The highest BCUT2D eigenvalue weighted by Gasteiger charge is 2.55. The van der Waals surface area contributed by atoms with Gasteiger partial charge in [0.25, 0.3) is 5.91 Å². The Morgan fingerprint density at radius 3 is 2.45 bits per heavy atom. The smallest absolute Gasteiger partial charge is 0.410 e. The van der Waals surface area contributed by atoms with Crippen molar-refractivity contribution in [3.05, 3.63) is 47.5 Å². The second-order valence-electron chi connectivity index (χ2n) is 15.5. The van der Waals surface area contributed by atoms with Gasteiger partial charge in [-0.2, -0.15) is 0 Å². The van der Waals surface area contributed by atoms with Gasteiger partial charge in [0.15, 0.2) is 11.8 Å². The zero-order valence-electron chi connectivity index (χ0n) is 30.2. The van der Waals surface area contributed by atoms with Crippen LogP contribution >= 0.6 is 0 Å². The van der Waals surface area contributed by atoms with Crippen LogP contribution in [0.2, 0.25) is 0 Å². The van der Waals surface area contributed by atoms with Crippen molar-refractivity contribution in [1.29, 1.82) is 0 Å². The normalized spacial score (nSPS) is 24.5. The average molecular weight is 677 g/mol. The molecule has 2 saturated heterocycles. The number of anilines is 3. The van der Waals surface area contributed by atoms with E-state index in [1.807, 2.05) is 75.9 Å². The molecular formula is C38H52N4O7. The van der Waals surface area contributed by atoms with Gasteiger partial charge in [-0.25, -0.2) is 4.79 Å². The Labute approximate surface area is 290 Å². The number of hydrogen-bond donors (Lipinski definition) is 1. The van der Waals surface area contributed by atoms with Gasteiger partial charge in [0.2, 0.25) is 5.91 Å². The minimum absolute atomic E-state index is 0.0740.